The first kappa shape index (κ1) is 76.6. The number of nitrogens with one attached hydrogen (secondary N) is 5. The van der Waals surface area contributed by atoms with Crippen LogP contribution in [-0.2, 0) is 40.3 Å². The number of hydrogen-bond acceptors (Lipinski definition) is 25. The van der Waals surface area contributed by atoms with E-state index in [9.17, 15) is 77.9 Å². The van der Waals surface area contributed by atoms with Gasteiger partial charge in [0.25, 0.3) is 31.6 Å². The molecule has 43 heteroatoms. The Morgan fingerprint density at radius 2 is 1.22 bits per heavy atom. The molecule has 0 aliphatic rings. The number of aliphatic carboxylic acids is 1. The summed E-state index contributed by atoms with van der Waals surface area (Å²) in [5, 5.41) is 33.0. The number of para-hydroxylation sites is 1. The van der Waals surface area contributed by atoms with Crippen molar-refractivity contribution in [2.75, 3.05) is 76.3 Å². The number of nitro benzene ring substituents is 1. The van der Waals surface area contributed by atoms with Crippen LogP contribution in [0.2, 0.25) is 5.02 Å². The predicted molar refractivity (Wildman–Crippen MR) is 309 cm³/mol. The van der Waals surface area contributed by atoms with Crippen LogP contribution >= 0.6 is 19.2 Å². The number of alkyl halides is 4. The van der Waals surface area contributed by atoms with E-state index >= 15 is 0 Å². The second kappa shape index (κ2) is 36.1. The Morgan fingerprint density at radius 1 is 0.756 bits per heavy atom. The third-order valence-electron chi connectivity index (χ3n) is 9.05. The van der Waals surface area contributed by atoms with Crippen molar-refractivity contribution in [2.24, 2.45) is 0 Å². The smallest absolute Gasteiger partial charge is 0.388 e. The number of rotatable bonds is 21. The predicted octanol–water partition coefficient (Wildman–Crippen LogP) is 4.27. The number of carbonyl (C=O) groups is 5. The number of pyridine rings is 1. The topological polar surface area (TPSA) is 498 Å². The molecule has 1 atom stereocenters. The van der Waals surface area contributed by atoms with Crippen LogP contribution in [0, 0.1) is 10.1 Å². The zero-order valence-electron chi connectivity index (χ0n) is 47.3. The molecule has 3 aromatic carbocycles. The lowest BCUT2D eigenvalue weighted by Gasteiger charge is -2.14. The first-order chi connectivity index (χ1) is 41.9. The number of halogens is 5. The summed E-state index contributed by atoms with van der Waals surface area (Å²) in [5.74, 6) is -5.43. The summed E-state index contributed by atoms with van der Waals surface area (Å²) in [6.45, 7) is -7.30. The van der Waals surface area contributed by atoms with E-state index in [1.165, 1.54) is 86.6 Å². The van der Waals surface area contributed by atoms with Crippen LogP contribution in [0.3, 0.4) is 0 Å². The van der Waals surface area contributed by atoms with Gasteiger partial charge in [-0.2, -0.15) is 45.9 Å². The zero-order valence-corrected chi connectivity index (χ0v) is 51.4. The number of benzene rings is 3. The fourth-order valence-electron chi connectivity index (χ4n) is 5.64. The van der Waals surface area contributed by atoms with Crippen LogP contribution in [0.1, 0.15) is 20.7 Å². The highest BCUT2D eigenvalue weighted by molar-refractivity contribution is 7.94. The molecule has 1 unspecified atom stereocenters. The number of nitrogens with two attached hydrogens (primary N) is 1. The fraction of sp³-hybridized carbons (Fsp3) is 0.234. The van der Waals surface area contributed by atoms with Gasteiger partial charge in [0.1, 0.15) is 34.7 Å². The largest absolute Gasteiger partial charge is 0.778 e. The van der Waals surface area contributed by atoms with Crippen molar-refractivity contribution in [3.05, 3.63) is 123 Å². The average molecular weight is 1370 g/mol. The second-order valence-electron chi connectivity index (χ2n) is 16.7. The molecule has 5 amide bonds. The zero-order chi connectivity index (χ0) is 68.3. The number of urea groups is 2. The molecule has 6 rings (SSSR count). The molecule has 3 heterocycles. The molecular formula is C47H53ClF4N13O21PS3. The van der Waals surface area contributed by atoms with Gasteiger partial charge < -0.3 is 58.9 Å². The summed E-state index contributed by atoms with van der Waals surface area (Å²) in [5.41, 5.74) is 4.41. The van der Waals surface area contributed by atoms with Crippen molar-refractivity contribution >= 4 is 103 Å². The average Bonchev–Trinajstić information content (AvgIpc) is 1.18. The Bertz CT molecular complexity index is 3690. The molecule has 0 fully saturated rings. The number of amides is 5. The van der Waals surface area contributed by atoms with E-state index in [-0.39, 0.29) is 45.4 Å². The number of nitrogen functional groups attached to an aromatic ring is 1. The van der Waals surface area contributed by atoms with Crippen molar-refractivity contribution in [2.45, 2.75) is 23.1 Å². The van der Waals surface area contributed by atoms with Crippen LogP contribution in [0.5, 0.6) is 35.0 Å². The van der Waals surface area contributed by atoms with Crippen molar-refractivity contribution in [3.8, 4) is 35.0 Å². The fourth-order valence-corrected chi connectivity index (χ4v) is 8.38. The first-order valence-corrected chi connectivity index (χ1v) is 31.3. The van der Waals surface area contributed by atoms with Crippen LogP contribution in [0.4, 0.5) is 50.4 Å². The molecule has 10 N–H and O–H groups in total. The SMILES string of the molecule is COc1cc(OC)nc(NC(=O)NS(=O)(=O)c2ncccc2C(=O)N(C)C)n1.C[S+](C)C.Nc1c([N+](=O)[O-])ccc(Oc2ccccc2)c1Cl.O=C(Nc1nc(OC(F)F)cc(OC(F)F)n1)NS(=O)(=O)c1ccccc1C(=O)O.O=C(O)CNCP(=O)([O-])O. The highest BCUT2D eigenvalue weighted by atomic mass is 35.5. The van der Waals surface area contributed by atoms with Crippen molar-refractivity contribution < 1.29 is 112 Å². The standard InChI is InChI=1S/C15H18N6O6S.C14H10F4N4O7S.C12H9ClN2O3.C3H8NO5P.C3H9S/c1-21(2)13(22)9-6-5-7-16-12(9)28(24,25)20-15(23)19-14-17-10(26-3)8-11(18-14)27-4;15-11(16)28-8-5-9(29-12(17)18)20-13(19-8)21-14(25)22-30(26,27)7-4-2-1-3-6(7)10(23)24;13-11-10(18-8-4-2-1-3-5-8)7-6-9(12(11)14)15(16)17;5-3(6)1-4-2-10(7,8)9;1-4(2)3/h5-8H,1-4H3,(H2,17,18,19,20,23);1-5,11-12H,(H,23,24)(H2,19,20,21,22,25);1-7H,14H2;4H,1-2H2,(H,5,6)(H2,7,8,9);1-3H3/q;;;;+1/p-1. The number of sulfonamides is 2. The number of anilines is 3. The molecule has 0 aliphatic carbocycles. The number of hydrogen-bond donors (Lipinski definition) is 9. The van der Waals surface area contributed by atoms with Gasteiger partial charge in [-0.25, -0.2) is 37.2 Å². The van der Waals surface area contributed by atoms with Crippen LogP contribution in [0.25, 0.3) is 0 Å². The van der Waals surface area contributed by atoms with Crippen LogP contribution < -0.4 is 59.7 Å². The normalized spacial score (nSPS) is 11.3. The van der Waals surface area contributed by atoms with Gasteiger partial charge in [-0.05, 0) is 53.4 Å². The summed E-state index contributed by atoms with van der Waals surface area (Å²) >= 11 is 5.94. The summed E-state index contributed by atoms with van der Waals surface area (Å²) < 4.78 is 135. The number of nitrogens with zero attached hydrogens (tertiary/aromatic N) is 7. The van der Waals surface area contributed by atoms with Crippen LogP contribution in [0.15, 0.2) is 107 Å². The lowest BCUT2D eigenvalue weighted by atomic mass is 10.2. The molecule has 0 spiro atoms. The maximum Gasteiger partial charge on any atom is 0.388 e. The highest BCUT2D eigenvalue weighted by Gasteiger charge is 2.28. The maximum atomic E-state index is 12.5. The monoisotopic (exact) mass is 1370 g/mol. The number of aromatic carboxylic acids is 1. The number of carbonyl (C=O) groups excluding carboxylic acids is 3. The molecule has 6 aromatic rings. The Balaban J connectivity index is 0.000000423. The van der Waals surface area contributed by atoms with Gasteiger partial charge in [0.2, 0.25) is 35.4 Å². The molecular weight excluding hydrogens is 1320 g/mol. The van der Waals surface area contributed by atoms with Gasteiger partial charge in [0, 0.05) is 26.4 Å². The molecule has 34 nitrogen and oxygen atoms in total. The second-order valence-corrected chi connectivity index (χ2v) is 24.4. The minimum atomic E-state index is -4.71. The maximum absolute atomic E-state index is 12.5. The first-order valence-electron chi connectivity index (χ1n) is 23.7. The molecule has 0 saturated heterocycles. The lowest BCUT2D eigenvalue weighted by molar-refractivity contribution is -0.383. The van der Waals surface area contributed by atoms with Crippen molar-refractivity contribution in [1.82, 2.24) is 44.6 Å². The summed E-state index contributed by atoms with van der Waals surface area (Å²) in [4.78, 5) is 104. The third-order valence-corrected chi connectivity index (χ3v) is 12.7. The van der Waals surface area contributed by atoms with Gasteiger partial charge >= 0.3 is 37.2 Å². The van der Waals surface area contributed by atoms with E-state index in [4.69, 9.17) is 46.7 Å². The molecule has 490 valence electrons. The molecule has 0 saturated carbocycles. The van der Waals surface area contributed by atoms with E-state index in [1.54, 1.807) is 34.3 Å². The summed E-state index contributed by atoms with van der Waals surface area (Å²) in [7, 11) is -7.27. The van der Waals surface area contributed by atoms with E-state index in [2.05, 4.69) is 58.5 Å². The van der Waals surface area contributed by atoms with E-state index in [0.717, 1.165) is 12.1 Å². The highest BCUT2D eigenvalue weighted by Crippen LogP contribution is 2.39. The molecule has 0 aliphatic heterocycles. The van der Waals surface area contributed by atoms with Gasteiger partial charge in [-0.15, -0.1) is 0 Å². The number of ether oxygens (including phenoxy) is 5. The quantitative estimate of drug-likeness (QED) is 0.0121. The number of carboxylic acid groups (broad SMARTS) is 2. The van der Waals surface area contributed by atoms with Crippen LogP contribution in [-0.4, -0.2) is 170 Å². The number of aromatic nitrogens is 5. The molecule has 0 radical (unpaired) electrons. The molecule has 90 heavy (non-hydrogen) atoms. The summed E-state index contributed by atoms with van der Waals surface area (Å²) in [6, 6.07) is 17.8. The van der Waals surface area contributed by atoms with Gasteiger partial charge in [0.05, 0.1) is 74.0 Å². The lowest BCUT2D eigenvalue weighted by Crippen LogP contribution is -2.36. The Hall–Kier alpha value is -9.51. The Morgan fingerprint density at radius 3 is 1.68 bits per heavy atom. The van der Waals surface area contributed by atoms with E-state index < -0.39 is 122 Å². The Labute approximate surface area is 515 Å². The van der Waals surface area contributed by atoms with Gasteiger partial charge in [-0.3, -0.25) is 35.7 Å². The van der Waals surface area contributed by atoms with Crippen molar-refractivity contribution in [3.63, 3.8) is 0 Å². The third kappa shape index (κ3) is 27.7. The molecule has 0 bridgehead atoms. The Kier molecular flexibility index (Phi) is 30.7. The van der Waals surface area contributed by atoms with Crippen molar-refractivity contribution in [1.29, 1.82) is 0 Å². The minimum Gasteiger partial charge on any atom is -0.778 e. The summed E-state index contributed by atoms with van der Waals surface area (Å²) in [6.07, 6.45) is 7.06. The van der Waals surface area contributed by atoms with E-state index in [1.807, 2.05) is 11.4 Å². The van der Waals surface area contributed by atoms with Gasteiger partial charge in [-0.1, -0.05) is 41.9 Å². The van der Waals surface area contributed by atoms with Gasteiger partial charge in [0.15, 0.2) is 5.03 Å². The number of nitro groups is 1. The number of methoxy groups -OCH3 is 2. The number of carboxylic acids is 2. The van der Waals surface area contributed by atoms with E-state index in [0.29, 0.717) is 22.7 Å². The molecule has 3 aromatic heterocycles. The minimum absolute atomic E-state index is 0.0352.